The molecule has 2 N–H and O–H groups in total. The van der Waals surface area contributed by atoms with Gasteiger partial charge in [-0.1, -0.05) is 18.6 Å². The highest BCUT2D eigenvalue weighted by Gasteiger charge is 2.30. The van der Waals surface area contributed by atoms with Gasteiger partial charge in [-0.2, -0.15) is 0 Å². The molecule has 0 bridgehead atoms. The molecule has 1 aromatic carbocycles. The topological polar surface area (TPSA) is 86.7 Å². The Bertz CT molecular complexity index is 638. The van der Waals surface area contributed by atoms with E-state index in [1.165, 1.54) is 0 Å². The van der Waals surface area contributed by atoms with Gasteiger partial charge in [-0.15, -0.1) is 0 Å². The second-order valence-corrected chi connectivity index (χ2v) is 6.79. The average molecular weight is 360 g/mol. The van der Waals surface area contributed by atoms with Crippen molar-refractivity contribution in [2.24, 2.45) is 11.8 Å². The van der Waals surface area contributed by atoms with Gasteiger partial charge < -0.3 is 15.3 Å². The van der Waals surface area contributed by atoms with E-state index in [2.05, 4.69) is 5.32 Å². The van der Waals surface area contributed by atoms with Crippen molar-refractivity contribution < 1.29 is 19.5 Å². The van der Waals surface area contributed by atoms with Crippen LogP contribution in [-0.2, 0) is 16.1 Å². The summed E-state index contributed by atoms with van der Waals surface area (Å²) >= 11 is 0. The Balaban J connectivity index is 1.88. The molecule has 0 aliphatic heterocycles. The summed E-state index contributed by atoms with van der Waals surface area (Å²) in [4.78, 5) is 37.5. The van der Waals surface area contributed by atoms with E-state index >= 15 is 0 Å². The molecule has 1 aromatic rings. The summed E-state index contributed by atoms with van der Waals surface area (Å²) < 4.78 is 0. The molecule has 6 heteroatoms. The molecule has 0 spiro atoms. The van der Waals surface area contributed by atoms with E-state index in [1.54, 1.807) is 17.0 Å². The number of carboxylic acid groups (broad SMARTS) is 1. The van der Waals surface area contributed by atoms with Crippen LogP contribution < -0.4 is 5.32 Å². The lowest BCUT2D eigenvalue weighted by Crippen LogP contribution is -2.35. The monoisotopic (exact) mass is 360 g/mol. The molecule has 2 rings (SSSR count). The Hall–Kier alpha value is -2.37. The largest absolute Gasteiger partial charge is 0.481 e. The number of benzene rings is 1. The van der Waals surface area contributed by atoms with E-state index in [4.69, 9.17) is 5.11 Å². The quantitative estimate of drug-likeness (QED) is 0.783. The van der Waals surface area contributed by atoms with E-state index in [0.29, 0.717) is 38.0 Å². The number of hydrogen-bond donors (Lipinski definition) is 2. The molecule has 1 fully saturated rings. The highest BCUT2D eigenvalue weighted by atomic mass is 16.4. The lowest BCUT2D eigenvalue weighted by atomic mass is 9.81. The second kappa shape index (κ2) is 9.36. The van der Waals surface area contributed by atoms with E-state index in [-0.39, 0.29) is 17.7 Å². The van der Waals surface area contributed by atoms with E-state index in [0.717, 1.165) is 18.4 Å². The van der Waals surface area contributed by atoms with E-state index in [1.807, 2.05) is 26.0 Å². The second-order valence-electron chi connectivity index (χ2n) is 6.79. The van der Waals surface area contributed by atoms with Crippen LogP contribution in [0.5, 0.6) is 0 Å². The molecule has 0 heterocycles. The van der Waals surface area contributed by atoms with Gasteiger partial charge in [-0.25, -0.2) is 0 Å². The summed E-state index contributed by atoms with van der Waals surface area (Å²) in [6, 6.07) is 7.25. The number of amides is 2. The van der Waals surface area contributed by atoms with Gasteiger partial charge >= 0.3 is 5.97 Å². The van der Waals surface area contributed by atoms with Gasteiger partial charge in [0.05, 0.1) is 5.92 Å². The molecular weight excluding hydrogens is 332 g/mol. The van der Waals surface area contributed by atoms with Crippen LogP contribution in [-0.4, -0.2) is 40.9 Å². The SMILES string of the molecule is CCN(CC)C(=O)c1ccc(CNC(=O)C2CCCC(C(=O)O)C2)cc1. The van der Waals surface area contributed by atoms with Gasteiger partial charge in [-0.05, 0) is 50.8 Å². The summed E-state index contributed by atoms with van der Waals surface area (Å²) in [6.45, 7) is 5.63. The number of hydrogen-bond acceptors (Lipinski definition) is 3. The van der Waals surface area contributed by atoms with Gasteiger partial charge in [0, 0.05) is 31.1 Å². The van der Waals surface area contributed by atoms with Gasteiger partial charge in [0.1, 0.15) is 0 Å². The molecule has 0 saturated heterocycles. The minimum absolute atomic E-state index is 0.00695. The summed E-state index contributed by atoms with van der Waals surface area (Å²) in [5.41, 5.74) is 1.56. The smallest absolute Gasteiger partial charge is 0.306 e. The van der Waals surface area contributed by atoms with Crippen molar-refractivity contribution in [3.63, 3.8) is 0 Å². The Kier molecular flexibility index (Phi) is 7.18. The van der Waals surface area contributed by atoms with Gasteiger partial charge in [-0.3, -0.25) is 14.4 Å². The molecule has 0 aromatic heterocycles. The molecule has 2 unspecified atom stereocenters. The molecule has 0 radical (unpaired) electrons. The molecule has 1 aliphatic carbocycles. The Labute approximate surface area is 154 Å². The first kappa shape index (κ1) is 19.9. The molecule has 26 heavy (non-hydrogen) atoms. The van der Waals surface area contributed by atoms with Crippen LogP contribution in [0.25, 0.3) is 0 Å². The predicted molar refractivity (Wildman–Crippen MR) is 98.6 cm³/mol. The first-order chi connectivity index (χ1) is 12.5. The number of nitrogens with one attached hydrogen (secondary N) is 1. The maximum absolute atomic E-state index is 12.3. The number of carbonyl (C=O) groups is 3. The van der Waals surface area contributed by atoms with Crippen molar-refractivity contribution in [2.75, 3.05) is 13.1 Å². The van der Waals surface area contributed by atoms with Crippen LogP contribution in [0.4, 0.5) is 0 Å². The number of rotatable bonds is 7. The van der Waals surface area contributed by atoms with Crippen LogP contribution in [0.15, 0.2) is 24.3 Å². The lowest BCUT2D eigenvalue weighted by Gasteiger charge is -2.25. The van der Waals surface area contributed by atoms with Crippen LogP contribution in [0.1, 0.15) is 55.5 Å². The fourth-order valence-electron chi connectivity index (χ4n) is 3.44. The minimum Gasteiger partial charge on any atom is -0.481 e. The third-order valence-corrected chi connectivity index (χ3v) is 5.11. The first-order valence-corrected chi connectivity index (χ1v) is 9.35. The van der Waals surface area contributed by atoms with E-state index in [9.17, 15) is 14.4 Å². The van der Waals surface area contributed by atoms with Crippen molar-refractivity contribution in [2.45, 2.75) is 46.1 Å². The Morgan fingerprint density at radius 2 is 1.69 bits per heavy atom. The maximum atomic E-state index is 12.3. The Morgan fingerprint density at radius 1 is 1.08 bits per heavy atom. The third-order valence-electron chi connectivity index (χ3n) is 5.11. The van der Waals surface area contributed by atoms with Crippen molar-refractivity contribution >= 4 is 17.8 Å². The lowest BCUT2D eigenvalue weighted by molar-refractivity contribution is -0.144. The fourth-order valence-corrected chi connectivity index (χ4v) is 3.44. The summed E-state index contributed by atoms with van der Waals surface area (Å²) in [5, 5.41) is 12.0. The fraction of sp³-hybridized carbons (Fsp3) is 0.550. The highest BCUT2D eigenvalue weighted by molar-refractivity contribution is 5.94. The number of nitrogens with zero attached hydrogens (tertiary/aromatic N) is 1. The molecule has 142 valence electrons. The number of carbonyl (C=O) groups excluding carboxylic acids is 2. The zero-order valence-electron chi connectivity index (χ0n) is 15.5. The molecule has 2 atom stereocenters. The number of aliphatic carboxylic acids is 1. The third kappa shape index (κ3) is 5.07. The summed E-state index contributed by atoms with van der Waals surface area (Å²) in [7, 11) is 0. The molecule has 6 nitrogen and oxygen atoms in total. The highest BCUT2D eigenvalue weighted by Crippen LogP contribution is 2.29. The summed E-state index contributed by atoms with van der Waals surface area (Å²) in [6.07, 6.45) is 2.59. The zero-order chi connectivity index (χ0) is 19.1. The minimum atomic E-state index is -0.809. The molecule has 2 amide bonds. The van der Waals surface area contributed by atoms with Crippen molar-refractivity contribution in [3.05, 3.63) is 35.4 Å². The predicted octanol–water partition coefficient (Wildman–Crippen LogP) is 2.68. The molecule has 1 aliphatic rings. The van der Waals surface area contributed by atoms with Crippen LogP contribution in [0.3, 0.4) is 0 Å². The van der Waals surface area contributed by atoms with Gasteiger partial charge in [0.15, 0.2) is 0 Å². The van der Waals surface area contributed by atoms with Crippen molar-refractivity contribution in [1.29, 1.82) is 0 Å². The van der Waals surface area contributed by atoms with Crippen molar-refractivity contribution in [3.8, 4) is 0 Å². The molecule has 1 saturated carbocycles. The van der Waals surface area contributed by atoms with Gasteiger partial charge in [0.25, 0.3) is 5.91 Å². The zero-order valence-corrected chi connectivity index (χ0v) is 15.5. The van der Waals surface area contributed by atoms with Gasteiger partial charge in [0.2, 0.25) is 5.91 Å². The Morgan fingerprint density at radius 3 is 2.27 bits per heavy atom. The summed E-state index contributed by atoms with van der Waals surface area (Å²) in [5.74, 6) is -1.53. The molecular formula is C20H28N2O4. The normalized spacial score (nSPS) is 19.6. The van der Waals surface area contributed by atoms with Crippen LogP contribution >= 0.6 is 0 Å². The first-order valence-electron chi connectivity index (χ1n) is 9.35. The van der Waals surface area contributed by atoms with Crippen LogP contribution in [0, 0.1) is 11.8 Å². The average Bonchev–Trinajstić information content (AvgIpc) is 2.67. The standard InChI is InChI=1S/C20H28N2O4/c1-3-22(4-2)19(24)15-10-8-14(9-11-15)13-21-18(23)16-6-5-7-17(12-16)20(25)26/h8-11,16-17H,3-7,12-13H2,1-2H3,(H,21,23)(H,25,26). The van der Waals surface area contributed by atoms with Crippen molar-refractivity contribution in [1.82, 2.24) is 10.2 Å². The maximum Gasteiger partial charge on any atom is 0.306 e. The van der Waals surface area contributed by atoms with E-state index < -0.39 is 11.9 Å². The van der Waals surface area contributed by atoms with Crippen LogP contribution in [0.2, 0.25) is 0 Å². The number of carboxylic acids is 1.